The zero-order chi connectivity index (χ0) is 24.4. The molecule has 0 bridgehead atoms. The molecular weight excluding hydrogens is 478 g/mol. The van der Waals surface area contributed by atoms with E-state index in [-0.39, 0.29) is 24.1 Å². The standard InChI is InChI=1S/C23H16ClF4N3O3/c1-12-6-14(2-4-17(12)24)33-11-15-3-5-20(34-15)23(32)30-13-8-29-31(9-13)10-16-18(25)7-19(26)22(28)21(16)27/h2-9H,10-11H2,1H3,(H,30,32). The highest BCUT2D eigenvalue weighted by Gasteiger charge is 2.20. The number of nitrogens with one attached hydrogen (secondary N) is 1. The van der Waals surface area contributed by atoms with Gasteiger partial charge in [-0.2, -0.15) is 5.10 Å². The number of aryl methyl sites for hydroxylation is 1. The molecule has 11 heteroatoms. The fraction of sp³-hybridized carbons (Fsp3) is 0.130. The number of nitrogens with zero attached hydrogens (tertiary/aromatic N) is 2. The van der Waals surface area contributed by atoms with Crippen LogP contribution in [0.1, 0.15) is 27.4 Å². The maximum atomic E-state index is 13.9. The Morgan fingerprint density at radius 3 is 2.68 bits per heavy atom. The van der Waals surface area contributed by atoms with Gasteiger partial charge in [0, 0.05) is 22.8 Å². The summed E-state index contributed by atoms with van der Waals surface area (Å²) >= 11 is 5.98. The molecule has 34 heavy (non-hydrogen) atoms. The van der Waals surface area contributed by atoms with E-state index in [1.807, 2.05) is 6.92 Å². The Morgan fingerprint density at radius 1 is 1.12 bits per heavy atom. The molecule has 2 aromatic carbocycles. The summed E-state index contributed by atoms with van der Waals surface area (Å²) in [7, 11) is 0. The van der Waals surface area contributed by atoms with Crippen molar-refractivity contribution in [2.75, 3.05) is 5.32 Å². The molecule has 0 radical (unpaired) electrons. The molecule has 0 fully saturated rings. The largest absolute Gasteiger partial charge is 0.486 e. The highest BCUT2D eigenvalue weighted by molar-refractivity contribution is 6.31. The van der Waals surface area contributed by atoms with Crippen molar-refractivity contribution < 1.29 is 31.5 Å². The van der Waals surface area contributed by atoms with Crippen LogP contribution in [0.2, 0.25) is 5.02 Å². The summed E-state index contributed by atoms with van der Waals surface area (Å²) in [6.45, 7) is 1.41. The SMILES string of the molecule is Cc1cc(OCc2ccc(C(=O)Nc3cnn(Cc4c(F)cc(F)c(F)c4F)c3)o2)ccc1Cl. The molecule has 0 atom stereocenters. The Morgan fingerprint density at radius 2 is 1.91 bits per heavy atom. The number of amides is 1. The van der Waals surface area contributed by atoms with Gasteiger partial charge < -0.3 is 14.5 Å². The van der Waals surface area contributed by atoms with E-state index in [0.29, 0.717) is 16.5 Å². The minimum absolute atomic E-state index is 0.00340. The first-order valence-corrected chi connectivity index (χ1v) is 10.2. The molecule has 6 nitrogen and oxygen atoms in total. The molecule has 0 aliphatic carbocycles. The van der Waals surface area contributed by atoms with Gasteiger partial charge in [0.2, 0.25) is 0 Å². The minimum Gasteiger partial charge on any atom is -0.486 e. The second kappa shape index (κ2) is 9.60. The van der Waals surface area contributed by atoms with Crippen LogP contribution in [-0.4, -0.2) is 15.7 Å². The first-order chi connectivity index (χ1) is 16.2. The maximum Gasteiger partial charge on any atom is 0.291 e. The molecule has 176 valence electrons. The molecule has 1 amide bonds. The molecule has 4 aromatic rings. The molecule has 0 saturated heterocycles. The molecule has 1 N–H and O–H groups in total. The Hall–Kier alpha value is -3.79. The molecule has 2 aromatic heterocycles. The Labute approximate surface area is 195 Å². The number of carbonyl (C=O) groups excluding carboxylic acids is 1. The quantitative estimate of drug-likeness (QED) is 0.198. The average Bonchev–Trinajstić information content (AvgIpc) is 3.45. The van der Waals surface area contributed by atoms with Crippen molar-refractivity contribution in [1.82, 2.24) is 9.78 Å². The van der Waals surface area contributed by atoms with Gasteiger partial charge in [-0.3, -0.25) is 9.48 Å². The van der Waals surface area contributed by atoms with Crippen molar-refractivity contribution in [2.24, 2.45) is 0 Å². The lowest BCUT2D eigenvalue weighted by atomic mass is 10.2. The molecule has 0 aliphatic rings. The molecule has 4 rings (SSSR count). The predicted molar refractivity (Wildman–Crippen MR) is 115 cm³/mol. The highest BCUT2D eigenvalue weighted by atomic mass is 35.5. The van der Waals surface area contributed by atoms with E-state index < -0.39 is 41.3 Å². The normalized spacial score (nSPS) is 11.0. The number of aromatic nitrogens is 2. The third kappa shape index (κ3) is 5.07. The van der Waals surface area contributed by atoms with E-state index in [2.05, 4.69) is 10.4 Å². The summed E-state index contributed by atoms with van der Waals surface area (Å²) in [5.41, 5.74) is 0.347. The van der Waals surface area contributed by atoms with Gasteiger partial charge in [0.15, 0.2) is 23.2 Å². The smallest absolute Gasteiger partial charge is 0.291 e. The van der Waals surface area contributed by atoms with Crippen LogP contribution < -0.4 is 10.1 Å². The lowest BCUT2D eigenvalue weighted by molar-refractivity contribution is 0.0992. The fourth-order valence-corrected chi connectivity index (χ4v) is 3.17. The van der Waals surface area contributed by atoms with Gasteiger partial charge in [-0.1, -0.05) is 11.6 Å². The minimum atomic E-state index is -1.78. The third-order valence-electron chi connectivity index (χ3n) is 4.82. The van der Waals surface area contributed by atoms with Crippen LogP contribution in [0.3, 0.4) is 0 Å². The first-order valence-electron chi connectivity index (χ1n) is 9.84. The summed E-state index contributed by atoms with van der Waals surface area (Å²) in [6.07, 6.45) is 2.50. The highest BCUT2D eigenvalue weighted by Crippen LogP contribution is 2.23. The molecule has 0 aliphatic heterocycles. The van der Waals surface area contributed by atoms with Crippen LogP contribution >= 0.6 is 11.6 Å². The number of hydrogen-bond acceptors (Lipinski definition) is 4. The van der Waals surface area contributed by atoms with Crippen molar-refractivity contribution in [2.45, 2.75) is 20.1 Å². The summed E-state index contributed by atoms with van der Waals surface area (Å²) in [6, 6.07) is 8.48. The summed E-state index contributed by atoms with van der Waals surface area (Å²) < 4.78 is 66.4. The number of hydrogen-bond donors (Lipinski definition) is 1. The number of benzene rings is 2. The van der Waals surface area contributed by atoms with Gasteiger partial charge in [0.25, 0.3) is 5.91 Å². The van der Waals surface area contributed by atoms with Crippen LogP contribution in [0.25, 0.3) is 0 Å². The Bertz CT molecular complexity index is 1370. The number of halogens is 5. The molecule has 2 heterocycles. The number of rotatable bonds is 7. The van der Waals surface area contributed by atoms with Gasteiger partial charge in [-0.05, 0) is 42.8 Å². The van der Waals surface area contributed by atoms with E-state index in [4.69, 9.17) is 20.8 Å². The molecule has 0 spiro atoms. The number of furan rings is 1. The second-order valence-corrected chi connectivity index (χ2v) is 7.70. The Balaban J connectivity index is 1.37. The number of carbonyl (C=O) groups is 1. The summed E-state index contributed by atoms with van der Waals surface area (Å²) in [5.74, 6) is -5.91. The van der Waals surface area contributed by atoms with Crippen LogP contribution in [-0.2, 0) is 13.2 Å². The fourth-order valence-electron chi connectivity index (χ4n) is 3.06. The number of anilines is 1. The zero-order valence-electron chi connectivity index (χ0n) is 17.5. The molecular formula is C23H16ClF4N3O3. The Kier molecular flexibility index (Phi) is 6.60. The topological polar surface area (TPSA) is 69.3 Å². The molecule has 0 saturated carbocycles. The molecule has 0 unspecified atom stereocenters. The second-order valence-electron chi connectivity index (χ2n) is 7.29. The van der Waals surface area contributed by atoms with Crippen LogP contribution in [0.4, 0.5) is 23.2 Å². The monoisotopic (exact) mass is 493 g/mol. The van der Waals surface area contributed by atoms with Crippen LogP contribution in [0, 0.1) is 30.2 Å². The van der Waals surface area contributed by atoms with Crippen molar-refractivity contribution in [3.8, 4) is 5.75 Å². The van der Waals surface area contributed by atoms with Gasteiger partial charge in [0.05, 0.1) is 18.4 Å². The lowest BCUT2D eigenvalue weighted by Gasteiger charge is -2.07. The first kappa shape index (κ1) is 23.4. The van der Waals surface area contributed by atoms with E-state index in [9.17, 15) is 22.4 Å². The van der Waals surface area contributed by atoms with E-state index in [1.165, 1.54) is 18.5 Å². The van der Waals surface area contributed by atoms with Gasteiger partial charge in [-0.15, -0.1) is 0 Å². The van der Waals surface area contributed by atoms with Gasteiger partial charge >= 0.3 is 0 Å². The lowest BCUT2D eigenvalue weighted by Crippen LogP contribution is -2.11. The average molecular weight is 494 g/mol. The van der Waals surface area contributed by atoms with Crippen molar-refractivity contribution in [3.05, 3.63) is 99.7 Å². The van der Waals surface area contributed by atoms with E-state index in [0.717, 1.165) is 10.2 Å². The van der Waals surface area contributed by atoms with Crippen molar-refractivity contribution in [1.29, 1.82) is 0 Å². The van der Waals surface area contributed by atoms with E-state index in [1.54, 1.807) is 24.3 Å². The third-order valence-corrected chi connectivity index (χ3v) is 5.24. The zero-order valence-corrected chi connectivity index (χ0v) is 18.3. The van der Waals surface area contributed by atoms with Gasteiger partial charge in [-0.25, -0.2) is 17.6 Å². The van der Waals surface area contributed by atoms with Crippen LogP contribution in [0.15, 0.2) is 53.2 Å². The number of ether oxygens (including phenoxy) is 1. The van der Waals surface area contributed by atoms with Gasteiger partial charge in [0.1, 0.15) is 23.9 Å². The summed E-state index contributed by atoms with van der Waals surface area (Å²) in [5, 5.41) is 7.01. The summed E-state index contributed by atoms with van der Waals surface area (Å²) in [4.78, 5) is 12.4. The van der Waals surface area contributed by atoms with Crippen LogP contribution in [0.5, 0.6) is 5.75 Å². The maximum absolute atomic E-state index is 13.9. The van der Waals surface area contributed by atoms with Crippen molar-refractivity contribution in [3.63, 3.8) is 0 Å². The van der Waals surface area contributed by atoms with E-state index >= 15 is 0 Å². The predicted octanol–water partition coefficient (Wildman–Crippen LogP) is 5.87. The van der Waals surface area contributed by atoms with Crippen molar-refractivity contribution >= 4 is 23.2 Å².